The van der Waals surface area contributed by atoms with E-state index in [1.807, 2.05) is 13.8 Å². The van der Waals surface area contributed by atoms with E-state index in [0.29, 0.717) is 58.2 Å². The van der Waals surface area contributed by atoms with Crippen LogP contribution in [0.5, 0.6) is 5.75 Å². The van der Waals surface area contributed by atoms with Crippen LogP contribution in [0.25, 0.3) is 22.3 Å². The number of halogens is 1. The molecular formula is C29H36FN5O3. The number of aromatic amines is 1. The number of aromatic nitrogens is 3. The Labute approximate surface area is 222 Å². The Morgan fingerprint density at radius 3 is 2.63 bits per heavy atom. The van der Waals surface area contributed by atoms with Crippen LogP contribution in [0.1, 0.15) is 74.0 Å². The van der Waals surface area contributed by atoms with Crippen LogP contribution < -0.4 is 15.4 Å². The smallest absolute Gasteiger partial charge is 0.255 e. The summed E-state index contributed by atoms with van der Waals surface area (Å²) in [5.41, 5.74) is 3.20. The van der Waals surface area contributed by atoms with Crippen LogP contribution in [0.15, 0.2) is 18.5 Å². The third-order valence-electron chi connectivity index (χ3n) is 7.88. The highest BCUT2D eigenvalue weighted by Gasteiger charge is 2.31. The molecule has 2 aliphatic carbocycles. The van der Waals surface area contributed by atoms with Crippen molar-refractivity contribution in [3.8, 4) is 17.0 Å². The van der Waals surface area contributed by atoms with Gasteiger partial charge >= 0.3 is 0 Å². The second-order valence-electron chi connectivity index (χ2n) is 10.9. The van der Waals surface area contributed by atoms with Gasteiger partial charge in [0.1, 0.15) is 29.1 Å². The molecule has 5 rings (SSSR count). The number of hydrogen-bond acceptors (Lipinski definition) is 5. The summed E-state index contributed by atoms with van der Waals surface area (Å²) in [4.78, 5) is 37.4. The molecule has 2 aromatic heterocycles. The molecule has 2 amide bonds. The van der Waals surface area contributed by atoms with Crippen LogP contribution in [-0.4, -0.2) is 45.5 Å². The summed E-state index contributed by atoms with van der Waals surface area (Å²) in [6.07, 6.45) is 6.46. The molecule has 0 aliphatic heterocycles. The minimum Gasteiger partial charge on any atom is -0.492 e. The predicted molar refractivity (Wildman–Crippen MR) is 143 cm³/mol. The van der Waals surface area contributed by atoms with E-state index in [2.05, 4.69) is 32.5 Å². The zero-order valence-corrected chi connectivity index (χ0v) is 22.5. The van der Waals surface area contributed by atoms with Crippen molar-refractivity contribution in [2.75, 3.05) is 6.61 Å². The van der Waals surface area contributed by atoms with E-state index in [9.17, 15) is 9.59 Å². The Balaban J connectivity index is 1.41. The molecule has 2 fully saturated rings. The summed E-state index contributed by atoms with van der Waals surface area (Å²) in [6.45, 7) is 8.03. The number of nitrogens with one attached hydrogen (secondary N) is 3. The molecule has 1 aromatic carbocycles. The van der Waals surface area contributed by atoms with E-state index in [0.717, 1.165) is 32.1 Å². The second-order valence-corrected chi connectivity index (χ2v) is 10.9. The van der Waals surface area contributed by atoms with Crippen molar-refractivity contribution < 1.29 is 18.7 Å². The number of rotatable bonds is 8. The summed E-state index contributed by atoms with van der Waals surface area (Å²) in [6, 6.07) is 3.62. The molecular weight excluding hydrogens is 485 g/mol. The number of ether oxygens (including phenoxy) is 1. The number of amides is 2. The number of nitrogens with zero attached hydrogens (tertiary/aromatic N) is 2. The predicted octanol–water partition coefficient (Wildman–Crippen LogP) is 4.98. The molecule has 0 radical (unpaired) electrons. The Kier molecular flexibility index (Phi) is 7.36. The zero-order chi connectivity index (χ0) is 27.0. The molecule has 3 N–H and O–H groups in total. The molecule has 2 saturated carbocycles. The van der Waals surface area contributed by atoms with Crippen molar-refractivity contribution in [2.24, 2.45) is 11.8 Å². The fraction of sp³-hybridized carbons (Fsp3) is 0.517. The molecule has 0 spiro atoms. The van der Waals surface area contributed by atoms with Crippen molar-refractivity contribution >= 4 is 22.8 Å². The summed E-state index contributed by atoms with van der Waals surface area (Å²) in [7, 11) is 0. The number of fused-ring (bicyclic) bond motifs is 1. The largest absolute Gasteiger partial charge is 0.492 e. The molecule has 3 aromatic rings. The number of H-pyrrole nitrogens is 1. The van der Waals surface area contributed by atoms with E-state index in [1.54, 1.807) is 19.1 Å². The lowest BCUT2D eigenvalue weighted by molar-refractivity contribution is -0.122. The van der Waals surface area contributed by atoms with Gasteiger partial charge in [0.25, 0.3) is 5.91 Å². The molecule has 202 valence electrons. The minimum atomic E-state index is -0.391. The van der Waals surface area contributed by atoms with Crippen LogP contribution in [0, 0.1) is 31.5 Å². The van der Waals surface area contributed by atoms with Crippen LogP contribution in [-0.2, 0) is 4.79 Å². The Morgan fingerprint density at radius 1 is 1.13 bits per heavy atom. The monoisotopic (exact) mass is 521 g/mol. The summed E-state index contributed by atoms with van der Waals surface area (Å²) >= 11 is 0. The fourth-order valence-electron chi connectivity index (χ4n) is 5.39. The van der Waals surface area contributed by atoms with E-state index >= 15 is 4.39 Å². The van der Waals surface area contributed by atoms with Crippen molar-refractivity contribution in [1.29, 1.82) is 0 Å². The van der Waals surface area contributed by atoms with Crippen molar-refractivity contribution in [3.63, 3.8) is 0 Å². The molecule has 38 heavy (non-hydrogen) atoms. The number of aryl methyl sites for hydroxylation is 2. The minimum absolute atomic E-state index is 0.00502. The van der Waals surface area contributed by atoms with Gasteiger partial charge in [-0.05, 0) is 69.4 Å². The zero-order valence-electron chi connectivity index (χ0n) is 22.5. The Hall–Kier alpha value is -3.49. The highest BCUT2D eigenvalue weighted by Crippen LogP contribution is 2.39. The third-order valence-corrected chi connectivity index (χ3v) is 7.88. The molecule has 9 heteroatoms. The van der Waals surface area contributed by atoms with E-state index in [1.165, 1.54) is 6.33 Å². The van der Waals surface area contributed by atoms with Gasteiger partial charge in [-0.1, -0.05) is 19.9 Å². The molecule has 0 unspecified atom stereocenters. The molecule has 8 nitrogen and oxygen atoms in total. The maximum atomic E-state index is 15.5. The van der Waals surface area contributed by atoms with Gasteiger partial charge in [-0.15, -0.1) is 0 Å². The maximum absolute atomic E-state index is 15.5. The highest BCUT2D eigenvalue weighted by atomic mass is 19.1. The van der Waals surface area contributed by atoms with Crippen LogP contribution in [0.4, 0.5) is 4.39 Å². The van der Waals surface area contributed by atoms with Crippen LogP contribution >= 0.6 is 0 Å². The number of carbonyl (C=O) groups excluding carboxylic acids is 2. The quantitative estimate of drug-likeness (QED) is 0.387. The van der Waals surface area contributed by atoms with Gasteiger partial charge in [0.05, 0.1) is 23.3 Å². The lowest BCUT2D eigenvalue weighted by Crippen LogP contribution is -2.48. The van der Waals surface area contributed by atoms with Crippen molar-refractivity contribution in [3.05, 3.63) is 41.1 Å². The van der Waals surface area contributed by atoms with Gasteiger partial charge in [0.15, 0.2) is 0 Å². The maximum Gasteiger partial charge on any atom is 0.255 e. The van der Waals surface area contributed by atoms with Crippen molar-refractivity contribution in [2.45, 2.75) is 78.3 Å². The Bertz CT molecular complexity index is 1370. The van der Waals surface area contributed by atoms with E-state index in [-0.39, 0.29) is 35.4 Å². The topological polar surface area (TPSA) is 109 Å². The first kappa shape index (κ1) is 26.1. The van der Waals surface area contributed by atoms with Gasteiger partial charge in [0.2, 0.25) is 5.91 Å². The van der Waals surface area contributed by atoms with Crippen molar-refractivity contribution in [1.82, 2.24) is 25.6 Å². The molecule has 2 aliphatic rings. The summed E-state index contributed by atoms with van der Waals surface area (Å²) in [5.74, 6) is 0.654. The van der Waals surface area contributed by atoms with Crippen LogP contribution in [0.2, 0.25) is 0 Å². The average Bonchev–Trinajstić information content (AvgIpc) is 3.66. The lowest BCUT2D eigenvalue weighted by Gasteiger charge is -2.35. The second kappa shape index (κ2) is 10.7. The summed E-state index contributed by atoms with van der Waals surface area (Å²) in [5, 5.41) is 6.26. The van der Waals surface area contributed by atoms with Gasteiger partial charge in [-0.25, -0.2) is 14.4 Å². The van der Waals surface area contributed by atoms with Gasteiger partial charge in [-0.3, -0.25) is 9.59 Å². The number of carbonyl (C=O) groups is 2. The lowest BCUT2D eigenvalue weighted by atomic mass is 9.82. The van der Waals surface area contributed by atoms with Gasteiger partial charge in [0, 0.05) is 24.2 Å². The molecule has 2 heterocycles. The Morgan fingerprint density at radius 2 is 1.92 bits per heavy atom. The van der Waals surface area contributed by atoms with Gasteiger partial charge in [-0.2, -0.15) is 0 Å². The number of hydrogen-bond donors (Lipinski definition) is 3. The van der Waals surface area contributed by atoms with E-state index in [4.69, 9.17) is 4.74 Å². The SMILES string of the molecule is CCC(=O)N[C@H]1CC[C@H](NC(=O)c2c(C)[nH]c3c(-c4c(OCC5CC5)ccc(C)c4F)ncnc23)C[C@H]1C. The first-order chi connectivity index (χ1) is 18.3. The molecule has 3 atom stereocenters. The molecule has 0 saturated heterocycles. The van der Waals surface area contributed by atoms with Crippen LogP contribution in [0.3, 0.4) is 0 Å². The van der Waals surface area contributed by atoms with E-state index < -0.39 is 5.82 Å². The fourth-order valence-corrected chi connectivity index (χ4v) is 5.39. The summed E-state index contributed by atoms with van der Waals surface area (Å²) < 4.78 is 21.5. The first-order valence-corrected chi connectivity index (χ1v) is 13.6. The standard InChI is InChI=1S/C29H36FN5O3/c1-5-22(36)35-20-10-9-19(12-16(20)3)34-29(37)23-17(4)33-28-26(23)31-14-32-27(28)24-21(38-13-18-7-8-18)11-6-15(2)25(24)30/h6,11,14,16,18-20,33H,5,7-10,12-13H2,1-4H3,(H,34,37)(H,35,36)/t16-,19+,20+/m1/s1. The highest BCUT2D eigenvalue weighted by molar-refractivity contribution is 6.09. The van der Waals surface area contributed by atoms with Gasteiger partial charge < -0.3 is 20.4 Å². The molecule has 0 bridgehead atoms. The average molecular weight is 522 g/mol. The third kappa shape index (κ3) is 5.24. The number of benzene rings is 1. The normalized spacial score (nSPS) is 21.3. The first-order valence-electron chi connectivity index (χ1n) is 13.6.